The fourth-order valence-corrected chi connectivity index (χ4v) is 3.02. The van der Waals surface area contributed by atoms with Crippen LogP contribution in [0.15, 0.2) is 54.1 Å². The molecule has 1 fully saturated rings. The molecule has 1 aliphatic rings. The summed E-state index contributed by atoms with van der Waals surface area (Å²) in [6, 6.07) is 14.1. The molecule has 0 unspecified atom stereocenters. The van der Waals surface area contributed by atoms with E-state index in [-0.39, 0.29) is 16.8 Å². The zero-order valence-electron chi connectivity index (χ0n) is 15.8. The summed E-state index contributed by atoms with van der Waals surface area (Å²) >= 11 is 5.20. The van der Waals surface area contributed by atoms with Gasteiger partial charge in [0.2, 0.25) is 0 Å². The van der Waals surface area contributed by atoms with E-state index in [1.54, 1.807) is 49.6 Å². The summed E-state index contributed by atoms with van der Waals surface area (Å²) < 4.78 is 11.1. The van der Waals surface area contributed by atoms with Crippen molar-refractivity contribution >= 4 is 40.9 Å². The first-order valence-electron chi connectivity index (χ1n) is 8.72. The molecule has 0 radical (unpaired) electrons. The molecule has 0 saturated carbocycles. The average Bonchev–Trinajstić information content (AvgIpc) is 2.66. The molecule has 6 nitrogen and oxygen atoms in total. The third-order valence-electron chi connectivity index (χ3n) is 4.00. The first-order valence-corrected chi connectivity index (χ1v) is 9.12. The number of thiocarbonyl (C=S) groups is 1. The lowest BCUT2D eigenvalue weighted by atomic mass is 10.1. The SMILES string of the molecule is COc1ccc(/C=C2/C(=O)NC(=S)N(c3ccccc3)C2=O)c(OC(C)C)c1. The molecule has 144 valence electrons. The number of amides is 2. The van der Waals surface area contributed by atoms with Crippen LogP contribution < -0.4 is 19.7 Å². The maximum atomic E-state index is 13.1. The number of carbonyl (C=O) groups excluding carboxylic acids is 2. The van der Waals surface area contributed by atoms with Gasteiger partial charge < -0.3 is 9.47 Å². The highest BCUT2D eigenvalue weighted by Gasteiger charge is 2.34. The highest BCUT2D eigenvalue weighted by molar-refractivity contribution is 7.80. The molecule has 1 N–H and O–H groups in total. The predicted octanol–water partition coefficient (Wildman–Crippen LogP) is 3.31. The standard InChI is InChI=1S/C21H20N2O4S/c1-13(2)27-18-12-16(26-3)10-9-14(18)11-17-19(24)22-21(28)23(20(17)25)15-7-5-4-6-8-15/h4-13H,1-3H3,(H,22,24,28)/b17-11-. The van der Waals surface area contributed by atoms with Crippen LogP contribution in [0.5, 0.6) is 11.5 Å². The number of nitrogens with one attached hydrogen (secondary N) is 1. The van der Waals surface area contributed by atoms with E-state index in [0.29, 0.717) is 22.7 Å². The molecule has 0 aromatic heterocycles. The Morgan fingerprint density at radius 3 is 2.46 bits per heavy atom. The first-order chi connectivity index (χ1) is 13.4. The van der Waals surface area contributed by atoms with Crippen LogP contribution >= 0.6 is 12.2 Å². The van der Waals surface area contributed by atoms with Gasteiger partial charge >= 0.3 is 0 Å². The Morgan fingerprint density at radius 2 is 1.82 bits per heavy atom. The van der Waals surface area contributed by atoms with Crippen molar-refractivity contribution in [1.29, 1.82) is 0 Å². The fraction of sp³-hybridized carbons (Fsp3) is 0.190. The largest absolute Gasteiger partial charge is 0.497 e. The molecule has 0 atom stereocenters. The van der Waals surface area contributed by atoms with Crippen LogP contribution in [0.4, 0.5) is 5.69 Å². The van der Waals surface area contributed by atoms with Crippen LogP contribution in [-0.4, -0.2) is 30.1 Å². The summed E-state index contributed by atoms with van der Waals surface area (Å²) in [5, 5.41) is 2.62. The molecule has 7 heteroatoms. The molecule has 0 spiro atoms. The number of rotatable bonds is 5. The van der Waals surface area contributed by atoms with Crippen molar-refractivity contribution in [3.63, 3.8) is 0 Å². The highest BCUT2D eigenvalue weighted by Crippen LogP contribution is 2.29. The molecule has 1 saturated heterocycles. The molecule has 2 amide bonds. The van der Waals surface area contributed by atoms with Crippen LogP contribution in [0.25, 0.3) is 6.08 Å². The van der Waals surface area contributed by atoms with E-state index in [4.69, 9.17) is 21.7 Å². The first kappa shape index (κ1) is 19.6. The number of ether oxygens (including phenoxy) is 2. The van der Waals surface area contributed by atoms with Gasteiger partial charge in [0.1, 0.15) is 17.1 Å². The van der Waals surface area contributed by atoms with Crippen LogP contribution in [0.2, 0.25) is 0 Å². The van der Waals surface area contributed by atoms with Crippen molar-refractivity contribution < 1.29 is 19.1 Å². The van der Waals surface area contributed by atoms with E-state index in [1.807, 2.05) is 19.9 Å². The molecule has 0 bridgehead atoms. The van der Waals surface area contributed by atoms with Crippen LogP contribution in [-0.2, 0) is 9.59 Å². The lowest BCUT2D eigenvalue weighted by Gasteiger charge is -2.29. The highest BCUT2D eigenvalue weighted by atomic mass is 32.1. The Hall–Kier alpha value is -3.19. The lowest BCUT2D eigenvalue weighted by molar-refractivity contribution is -0.122. The summed E-state index contributed by atoms with van der Waals surface area (Å²) in [5.74, 6) is 0.0888. The maximum absolute atomic E-state index is 13.1. The molecule has 1 heterocycles. The molecule has 3 rings (SSSR count). The quantitative estimate of drug-likeness (QED) is 0.477. The summed E-state index contributed by atoms with van der Waals surface area (Å²) in [4.78, 5) is 26.8. The van der Waals surface area contributed by atoms with Crippen molar-refractivity contribution in [2.24, 2.45) is 0 Å². The summed E-state index contributed by atoms with van der Waals surface area (Å²) in [6.07, 6.45) is 1.42. The van der Waals surface area contributed by atoms with Gasteiger partial charge in [-0.2, -0.15) is 0 Å². The number of benzene rings is 2. The Bertz CT molecular complexity index is 954. The molecule has 0 aliphatic carbocycles. The normalized spacial score (nSPS) is 15.8. The molecular formula is C21H20N2O4S. The van der Waals surface area contributed by atoms with Gasteiger partial charge in [0.05, 0.1) is 18.9 Å². The van der Waals surface area contributed by atoms with Gasteiger partial charge in [-0.25, -0.2) is 0 Å². The monoisotopic (exact) mass is 396 g/mol. The van der Waals surface area contributed by atoms with Crippen molar-refractivity contribution in [2.45, 2.75) is 20.0 Å². The van der Waals surface area contributed by atoms with E-state index in [2.05, 4.69) is 5.32 Å². The predicted molar refractivity (Wildman–Crippen MR) is 111 cm³/mol. The fourth-order valence-electron chi connectivity index (χ4n) is 2.74. The smallest absolute Gasteiger partial charge is 0.270 e. The minimum atomic E-state index is -0.548. The Morgan fingerprint density at radius 1 is 1.11 bits per heavy atom. The summed E-state index contributed by atoms with van der Waals surface area (Å²) in [5.41, 5.74) is 1.14. The van der Waals surface area contributed by atoms with E-state index in [0.717, 1.165) is 0 Å². The van der Waals surface area contributed by atoms with Crippen molar-refractivity contribution in [1.82, 2.24) is 5.32 Å². The van der Waals surface area contributed by atoms with Crippen molar-refractivity contribution in [2.75, 3.05) is 12.0 Å². The summed E-state index contributed by atoms with van der Waals surface area (Å²) in [6.45, 7) is 3.79. The second-order valence-electron chi connectivity index (χ2n) is 6.36. The van der Waals surface area contributed by atoms with E-state index in [9.17, 15) is 9.59 Å². The Kier molecular flexibility index (Phi) is 5.75. The molecule has 28 heavy (non-hydrogen) atoms. The van der Waals surface area contributed by atoms with Crippen molar-refractivity contribution in [3.05, 3.63) is 59.7 Å². The van der Waals surface area contributed by atoms with Gasteiger partial charge in [0, 0.05) is 11.6 Å². The minimum absolute atomic E-state index is 0.0313. The van der Waals surface area contributed by atoms with E-state index >= 15 is 0 Å². The number of anilines is 1. The van der Waals surface area contributed by atoms with Crippen LogP contribution in [0, 0.1) is 0 Å². The second kappa shape index (κ2) is 8.22. The van der Waals surface area contributed by atoms with Crippen LogP contribution in [0.1, 0.15) is 19.4 Å². The number of methoxy groups -OCH3 is 1. The number of hydrogen-bond donors (Lipinski definition) is 1. The van der Waals surface area contributed by atoms with Gasteiger partial charge in [0.25, 0.3) is 11.8 Å². The van der Waals surface area contributed by atoms with Crippen molar-refractivity contribution in [3.8, 4) is 11.5 Å². The zero-order chi connectivity index (χ0) is 20.3. The minimum Gasteiger partial charge on any atom is -0.497 e. The summed E-state index contributed by atoms with van der Waals surface area (Å²) in [7, 11) is 1.56. The maximum Gasteiger partial charge on any atom is 0.270 e. The average molecular weight is 396 g/mol. The van der Waals surface area contributed by atoms with Gasteiger partial charge in [-0.3, -0.25) is 19.8 Å². The third kappa shape index (κ3) is 4.04. The molecule has 2 aromatic rings. The second-order valence-corrected chi connectivity index (χ2v) is 6.75. The molecule has 1 aliphatic heterocycles. The Balaban J connectivity index is 2.04. The van der Waals surface area contributed by atoms with E-state index in [1.165, 1.54) is 11.0 Å². The van der Waals surface area contributed by atoms with Gasteiger partial charge in [-0.05, 0) is 56.4 Å². The van der Waals surface area contributed by atoms with Gasteiger partial charge in [-0.15, -0.1) is 0 Å². The van der Waals surface area contributed by atoms with Gasteiger partial charge in [-0.1, -0.05) is 18.2 Å². The van der Waals surface area contributed by atoms with E-state index < -0.39 is 11.8 Å². The van der Waals surface area contributed by atoms with Crippen LogP contribution in [0.3, 0.4) is 0 Å². The zero-order valence-corrected chi connectivity index (χ0v) is 16.6. The Labute approximate surface area is 168 Å². The topological polar surface area (TPSA) is 67.9 Å². The molecular weight excluding hydrogens is 376 g/mol. The number of para-hydroxylation sites is 1. The third-order valence-corrected chi connectivity index (χ3v) is 4.28. The number of nitrogens with zero attached hydrogens (tertiary/aromatic N) is 1. The lowest BCUT2D eigenvalue weighted by Crippen LogP contribution is -2.54. The van der Waals surface area contributed by atoms with Gasteiger partial charge in [0.15, 0.2) is 5.11 Å². The molecule has 2 aromatic carbocycles. The number of carbonyl (C=O) groups is 2. The number of hydrogen-bond acceptors (Lipinski definition) is 5.